The van der Waals surface area contributed by atoms with Gasteiger partial charge in [-0.15, -0.1) is 0 Å². The quantitative estimate of drug-likeness (QED) is 0.725. The van der Waals surface area contributed by atoms with Crippen LogP contribution in [0.2, 0.25) is 0 Å². The van der Waals surface area contributed by atoms with Crippen LogP contribution in [0.1, 0.15) is 13.3 Å². The summed E-state index contributed by atoms with van der Waals surface area (Å²) in [6.45, 7) is 0.882. The highest BCUT2D eigenvalue weighted by atomic mass is 19.4. The van der Waals surface area contributed by atoms with Gasteiger partial charge in [0.15, 0.2) is 0 Å². The lowest BCUT2D eigenvalue weighted by atomic mass is 10.1. The summed E-state index contributed by atoms with van der Waals surface area (Å²) in [4.78, 5) is 24.7. The Labute approximate surface area is 171 Å². The number of carbonyl (C=O) groups is 2. The maximum Gasteiger partial charge on any atom is 0.406 e. The first-order valence-corrected chi connectivity index (χ1v) is 9.39. The van der Waals surface area contributed by atoms with Crippen LogP contribution in [0.15, 0.2) is 48.5 Å². The van der Waals surface area contributed by atoms with E-state index in [4.69, 9.17) is 9.47 Å². The standard InChI is InChI=1S/C21H21F3N2O4/c1-2-29-16-7-9-18(10-8-16)30-17-5-3-15(4-6-17)25-20(28)14-11-19(27)26(12-14)13-21(22,23)24/h3-10,14H,2,11-13H2,1H3,(H,25,28). The summed E-state index contributed by atoms with van der Waals surface area (Å²) >= 11 is 0. The number of carbonyl (C=O) groups excluding carboxylic acids is 2. The topological polar surface area (TPSA) is 67.9 Å². The largest absolute Gasteiger partial charge is 0.494 e. The van der Waals surface area contributed by atoms with E-state index in [2.05, 4.69) is 5.32 Å². The number of anilines is 1. The van der Waals surface area contributed by atoms with Crippen molar-refractivity contribution in [2.45, 2.75) is 19.5 Å². The van der Waals surface area contributed by atoms with Crippen LogP contribution >= 0.6 is 0 Å². The fraction of sp³-hybridized carbons (Fsp3) is 0.333. The van der Waals surface area contributed by atoms with Crippen LogP contribution in [0.3, 0.4) is 0 Å². The molecular weight excluding hydrogens is 401 g/mol. The van der Waals surface area contributed by atoms with Crippen LogP contribution in [0.4, 0.5) is 18.9 Å². The van der Waals surface area contributed by atoms with E-state index in [0.29, 0.717) is 28.7 Å². The number of hydrogen-bond acceptors (Lipinski definition) is 4. The lowest BCUT2D eigenvalue weighted by molar-refractivity contribution is -0.157. The summed E-state index contributed by atoms with van der Waals surface area (Å²) in [7, 11) is 0. The van der Waals surface area contributed by atoms with Gasteiger partial charge in [-0.1, -0.05) is 0 Å². The van der Waals surface area contributed by atoms with Gasteiger partial charge < -0.3 is 19.7 Å². The van der Waals surface area contributed by atoms with Crippen LogP contribution in [0.25, 0.3) is 0 Å². The molecular formula is C21H21F3N2O4. The molecule has 1 unspecified atom stereocenters. The number of nitrogens with one attached hydrogen (secondary N) is 1. The van der Waals surface area contributed by atoms with Gasteiger partial charge in [-0.3, -0.25) is 9.59 Å². The molecule has 1 fully saturated rings. The Morgan fingerprint density at radius 1 is 1.07 bits per heavy atom. The Morgan fingerprint density at radius 3 is 2.20 bits per heavy atom. The summed E-state index contributed by atoms with van der Waals surface area (Å²) in [5.74, 6) is -0.0875. The monoisotopic (exact) mass is 422 g/mol. The predicted molar refractivity (Wildman–Crippen MR) is 103 cm³/mol. The maximum atomic E-state index is 12.5. The molecule has 6 nitrogen and oxygen atoms in total. The Morgan fingerprint density at radius 2 is 1.63 bits per heavy atom. The highest BCUT2D eigenvalue weighted by molar-refractivity contribution is 5.97. The molecule has 3 rings (SSSR count). The van der Waals surface area contributed by atoms with E-state index >= 15 is 0 Å². The third-order valence-electron chi connectivity index (χ3n) is 4.45. The average Bonchev–Trinajstić information content (AvgIpc) is 3.04. The van der Waals surface area contributed by atoms with Gasteiger partial charge in [0.05, 0.1) is 12.5 Å². The maximum absolute atomic E-state index is 12.5. The molecule has 0 radical (unpaired) electrons. The number of benzene rings is 2. The van der Waals surface area contributed by atoms with Gasteiger partial charge in [-0.05, 0) is 55.5 Å². The third-order valence-corrected chi connectivity index (χ3v) is 4.45. The zero-order valence-electron chi connectivity index (χ0n) is 16.2. The number of halogens is 3. The summed E-state index contributed by atoms with van der Waals surface area (Å²) < 4.78 is 48.6. The van der Waals surface area contributed by atoms with Gasteiger partial charge in [0.25, 0.3) is 0 Å². The number of rotatable bonds is 7. The minimum Gasteiger partial charge on any atom is -0.494 e. The molecule has 1 aliphatic heterocycles. The summed E-state index contributed by atoms with van der Waals surface area (Å²) in [5, 5.41) is 2.63. The molecule has 0 saturated carbocycles. The van der Waals surface area contributed by atoms with E-state index in [-0.39, 0.29) is 13.0 Å². The van der Waals surface area contributed by atoms with E-state index in [1.807, 2.05) is 6.92 Å². The first-order valence-electron chi connectivity index (χ1n) is 9.39. The molecule has 1 atom stereocenters. The lowest BCUT2D eigenvalue weighted by Gasteiger charge is -2.18. The minimum absolute atomic E-state index is 0.235. The summed E-state index contributed by atoms with van der Waals surface area (Å²) in [6, 6.07) is 13.7. The highest BCUT2D eigenvalue weighted by Crippen LogP contribution is 2.27. The van der Waals surface area contributed by atoms with Crippen LogP contribution in [0.5, 0.6) is 17.2 Å². The molecule has 2 aromatic rings. The van der Waals surface area contributed by atoms with Crippen LogP contribution in [-0.2, 0) is 9.59 Å². The van der Waals surface area contributed by atoms with Crippen LogP contribution in [-0.4, -0.2) is 42.6 Å². The van der Waals surface area contributed by atoms with Crippen molar-refractivity contribution < 1.29 is 32.2 Å². The van der Waals surface area contributed by atoms with Gasteiger partial charge in [-0.25, -0.2) is 0 Å². The minimum atomic E-state index is -4.49. The van der Waals surface area contributed by atoms with Crippen molar-refractivity contribution in [1.82, 2.24) is 4.90 Å². The molecule has 2 aromatic carbocycles. The SMILES string of the molecule is CCOc1ccc(Oc2ccc(NC(=O)C3CC(=O)N(CC(F)(F)F)C3)cc2)cc1. The number of alkyl halides is 3. The van der Waals surface area contributed by atoms with Crippen molar-refractivity contribution in [3.05, 3.63) is 48.5 Å². The van der Waals surface area contributed by atoms with Crippen LogP contribution < -0.4 is 14.8 Å². The zero-order chi connectivity index (χ0) is 21.7. The Kier molecular flexibility index (Phi) is 6.49. The molecule has 0 aromatic heterocycles. The molecule has 0 bridgehead atoms. The first-order chi connectivity index (χ1) is 14.2. The van der Waals surface area contributed by atoms with Crippen molar-refractivity contribution >= 4 is 17.5 Å². The number of amides is 2. The Hall–Kier alpha value is -3.23. The van der Waals surface area contributed by atoms with E-state index in [0.717, 1.165) is 5.75 Å². The molecule has 1 heterocycles. The number of ether oxygens (including phenoxy) is 2. The highest BCUT2D eigenvalue weighted by Gasteiger charge is 2.40. The fourth-order valence-electron chi connectivity index (χ4n) is 3.07. The van der Waals surface area contributed by atoms with Gasteiger partial charge >= 0.3 is 6.18 Å². The molecule has 1 N–H and O–H groups in total. The molecule has 0 spiro atoms. The van der Waals surface area contributed by atoms with Crippen molar-refractivity contribution in [2.75, 3.05) is 25.0 Å². The van der Waals surface area contributed by atoms with Crippen LogP contribution in [0, 0.1) is 5.92 Å². The second kappa shape index (κ2) is 9.06. The molecule has 2 amide bonds. The van der Waals surface area contributed by atoms with E-state index in [1.54, 1.807) is 48.5 Å². The number of likely N-dealkylation sites (tertiary alicyclic amines) is 1. The fourth-order valence-corrected chi connectivity index (χ4v) is 3.07. The van der Waals surface area contributed by atoms with Crippen molar-refractivity contribution in [3.63, 3.8) is 0 Å². The van der Waals surface area contributed by atoms with Gasteiger partial charge in [0.2, 0.25) is 11.8 Å². The lowest BCUT2D eigenvalue weighted by Crippen LogP contribution is -2.36. The smallest absolute Gasteiger partial charge is 0.406 e. The molecule has 1 saturated heterocycles. The first kappa shape index (κ1) is 21.5. The van der Waals surface area contributed by atoms with E-state index < -0.39 is 30.5 Å². The predicted octanol–water partition coefficient (Wildman–Crippen LogP) is 4.23. The third kappa shape index (κ3) is 5.88. The summed E-state index contributed by atoms with van der Waals surface area (Å²) in [6.07, 6.45) is -4.72. The molecule has 30 heavy (non-hydrogen) atoms. The normalized spacial score (nSPS) is 16.5. The second-order valence-corrected chi connectivity index (χ2v) is 6.81. The van der Waals surface area contributed by atoms with Crippen molar-refractivity contribution in [2.24, 2.45) is 5.92 Å². The van der Waals surface area contributed by atoms with Gasteiger partial charge in [0, 0.05) is 18.7 Å². The molecule has 9 heteroatoms. The summed E-state index contributed by atoms with van der Waals surface area (Å²) in [5.41, 5.74) is 0.459. The molecule has 0 aliphatic carbocycles. The van der Waals surface area contributed by atoms with E-state index in [1.165, 1.54) is 0 Å². The Bertz CT molecular complexity index is 883. The molecule has 1 aliphatic rings. The number of nitrogens with zero attached hydrogens (tertiary/aromatic N) is 1. The second-order valence-electron chi connectivity index (χ2n) is 6.81. The average molecular weight is 422 g/mol. The van der Waals surface area contributed by atoms with E-state index in [9.17, 15) is 22.8 Å². The molecule has 160 valence electrons. The number of hydrogen-bond donors (Lipinski definition) is 1. The van der Waals surface area contributed by atoms with Gasteiger partial charge in [0.1, 0.15) is 23.8 Å². The zero-order valence-corrected chi connectivity index (χ0v) is 16.2. The Balaban J connectivity index is 1.54. The van der Waals surface area contributed by atoms with Gasteiger partial charge in [-0.2, -0.15) is 13.2 Å². The van der Waals surface area contributed by atoms with Crippen molar-refractivity contribution in [1.29, 1.82) is 0 Å². The van der Waals surface area contributed by atoms with Crippen molar-refractivity contribution in [3.8, 4) is 17.2 Å².